The fraction of sp³-hybridized carbons (Fsp3) is 0.143. The number of para-hydroxylation sites is 1. The minimum Gasteiger partial charge on any atom is -0.492 e. The molecule has 0 unspecified atom stereocenters. The summed E-state index contributed by atoms with van der Waals surface area (Å²) < 4.78 is 21.8. The van der Waals surface area contributed by atoms with Gasteiger partial charge in [0.05, 0.1) is 6.54 Å². The van der Waals surface area contributed by atoms with Crippen LogP contribution in [-0.4, -0.2) is 24.9 Å². The first-order valence-electron chi connectivity index (χ1n) is 8.86. The first kappa shape index (κ1) is 16.4. The Balaban J connectivity index is 1.34. The van der Waals surface area contributed by atoms with Gasteiger partial charge in [0.2, 0.25) is 6.79 Å². The summed E-state index contributed by atoms with van der Waals surface area (Å²) in [5.41, 5.74) is 0.143. The number of benzene rings is 2. The van der Waals surface area contributed by atoms with Crippen LogP contribution in [0.2, 0.25) is 0 Å². The van der Waals surface area contributed by atoms with Crippen LogP contribution in [0.4, 0.5) is 5.82 Å². The van der Waals surface area contributed by atoms with Crippen molar-refractivity contribution in [1.29, 1.82) is 0 Å². The summed E-state index contributed by atoms with van der Waals surface area (Å²) in [7, 11) is 0. The van der Waals surface area contributed by atoms with Gasteiger partial charge in [-0.1, -0.05) is 18.2 Å². The van der Waals surface area contributed by atoms with Gasteiger partial charge >= 0.3 is 5.63 Å². The van der Waals surface area contributed by atoms with Crippen LogP contribution in [0, 0.1) is 0 Å². The molecular weight excluding hydrogens is 360 g/mol. The molecule has 3 heterocycles. The van der Waals surface area contributed by atoms with E-state index in [0.29, 0.717) is 47.2 Å². The van der Waals surface area contributed by atoms with E-state index in [1.807, 2.05) is 36.4 Å². The Morgan fingerprint density at radius 2 is 1.93 bits per heavy atom. The smallest absolute Gasteiger partial charge is 0.347 e. The summed E-state index contributed by atoms with van der Waals surface area (Å²) in [6, 6.07) is 14.7. The first-order chi connectivity index (χ1) is 13.8. The molecule has 0 saturated carbocycles. The van der Waals surface area contributed by atoms with Gasteiger partial charge in [0.15, 0.2) is 11.5 Å². The van der Waals surface area contributed by atoms with Gasteiger partial charge in [-0.15, -0.1) is 0 Å². The summed E-state index contributed by atoms with van der Waals surface area (Å²) >= 11 is 0. The second-order valence-electron chi connectivity index (χ2n) is 6.26. The minimum atomic E-state index is -0.416. The van der Waals surface area contributed by atoms with Gasteiger partial charge in [-0.3, -0.25) is 0 Å². The normalized spacial score (nSPS) is 12.4. The fourth-order valence-electron chi connectivity index (χ4n) is 3.26. The van der Waals surface area contributed by atoms with E-state index in [2.05, 4.69) is 10.3 Å². The summed E-state index contributed by atoms with van der Waals surface area (Å²) in [6.45, 7) is 1.08. The van der Waals surface area contributed by atoms with Crippen LogP contribution in [-0.2, 0) is 0 Å². The van der Waals surface area contributed by atoms with Crippen molar-refractivity contribution in [2.75, 3.05) is 25.3 Å². The number of pyridine rings is 1. The van der Waals surface area contributed by atoms with Gasteiger partial charge in [-0.25, -0.2) is 9.78 Å². The van der Waals surface area contributed by atoms with E-state index < -0.39 is 5.63 Å². The molecule has 0 amide bonds. The highest BCUT2D eigenvalue weighted by molar-refractivity contribution is 6.07. The van der Waals surface area contributed by atoms with E-state index >= 15 is 0 Å². The zero-order valence-corrected chi connectivity index (χ0v) is 14.8. The molecule has 28 heavy (non-hydrogen) atoms. The summed E-state index contributed by atoms with van der Waals surface area (Å²) in [5, 5.41) is 5.28. The van der Waals surface area contributed by atoms with Gasteiger partial charge < -0.3 is 23.9 Å². The third-order valence-electron chi connectivity index (χ3n) is 4.54. The highest BCUT2D eigenvalue weighted by atomic mass is 16.7. The van der Waals surface area contributed by atoms with E-state index in [0.717, 1.165) is 10.8 Å². The van der Waals surface area contributed by atoms with Crippen LogP contribution < -0.4 is 25.2 Å². The molecule has 7 heteroatoms. The van der Waals surface area contributed by atoms with Gasteiger partial charge in [0, 0.05) is 23.0 Å². The molecule has 0 aliphatic carbocycles. The molecule has 1 aliphatic heterocycles. The quantitative estimate of drug-likeness (QED) is 0.324. The highest BCUT2D eigenvalue weighted by Gasteiger charge is 2.14. The first-order valence-corrected chi connectivity index (χ1v) is 8.86. The van der Waals surface area contributed by atoms with Crippen molar-refractivity contribution in [1.82, 2.24) is 4.98 Å². The lowest BCUT2D eigenvalue weighted by Crippen LogP contribution is -2.14. The molecule has 0 spiro atoms. The molecule has 2 aromatic heterocycles. The Labute approximate surface area is 159 Å². The van der Waals surface area contributed by atoms with Crippen molar-refractivity contribution in [2.45, 2.75) is 0 Å². The Bertz CT molecular complexity index is 1230. The number of hydrogen-bond acceptors (Lipinski definition) is 7. The zero-order valence-electron chi connectivity index (χ0n) is 14.8. The van der Waals surface area contributed by atoms with Crippen molar-refractivity contribution in [3.63, 3.8) is 0 Å². The predicted molar refractivity (Wildman–Crippen MR) is 104 cm³/mol. The van der Waals surface area contributed by atoms with Crippen LogP contribution in [0.15, 0.2) is 63.9 Å². The number of rotatable bonds is 5. The second-order valence-corrected chi connectivity index (χ2v) is 6.26. The number of anilines is 1. The molecule has 140 valence electrons. The lowest BCUT2D eigenvalue weighted by molar-refractivity contribution is 0.174. The minimum absolute atomic E-state index is 0.227. The molecule has 0 radical (unpaired) electrons. The Morgan fingerprint density at radius 1 is 1.04 bits per heavy atom. The number of nitrogens with one attached hydrogen (secondary N) is 1. The molecule has 4 aromatic rings. The number of nitrogens with zero attached hydrogens (tertiary/aromatic N) is 1. The second kappa shape index (κ2) is 6.77. The SMILES string of the molecule is O=c1oc2ccccc2c2ccnc(NCCOc3ccc4c(c3)OCO4)c12. The fourth-order valence-corrected chi connectivity index (χ4v) is 3.26. The third-order valence-corrected chi connectivity index (χ3v) is 4.54. The van der Waals surface area contributed by atoms with Gasteiger partial charge in [0.25, 0.3) is 0 Å². The van der Waals surface area contributed by atoms with E-state index in [4.69, 9.17) is 18.6 Å². The maximum Gasteiger partial charge on any atom is 0.347 e. The lowest BCUT2D eigenvalue weighted by atomic mass is 10.1. The maximum absolute atomic E-state index is 12.5. The average molecular weight is 376 g/mol. The lowest BCUT2D eigenvalue weighted by Gasteiger charge is -2.10. The van der Waals surface area contributed by atoms with Crippen molar-refractivity contribution >= 4 is 27.6 Å². The monoisotopic (exact) mass is 376 g/mol. The summed E-state index contributed by atoms with van der Waals surface area (Å²) in [4.78, 5) is 16.8. The molecule has 2 aromatic carbocycles. The maximum atomic E-state index is 12.5. The summed E-state index contributed by atoms with van der Waals surface area (Å²) in [5.74, 6) is 2.55. The molecule has 1 aliphatic rings. The number of fused-ring (bicyclic) bond motifs is 4. The Hall–Kier alpha value is -3.74. The van der Waals surface area contributed by atoms with Crippen molar-refractivity contribution < 1.29 is 18.6 Å². The van der Waals surface area contributed by atoms with Gasteiger partial charge in [-0.2, -0.15) is 0 Å². The largest absolute Gasteiger partial charge is 0.492 e. The topological polar surface area (TPSA) is 82.8 Å². The van der Waals surface area contributed by atoms with Gasteiger partial charge in [-0.05, 0) is 24.3 Å². The standard InChI is InChI=1S/C21H16N2O5/c24-21-19-15(14-3-1-2-4-16(14)28-21)7-8-22-20(19)23-9-10-25-13-5-6-17-18(11-13)27-12-26-17/h1-8,11H,9-10,12H2,(H,22,23). The molecule has 7 nitrogen and oxygen atoms in total. The zero-order chi connectivity index (χ0) is 18.9. The van der Waals surface area contributed by atoms with E-state index in [1.165, 1.54) is 0 Å². The molecule has 0 atom stereocenters. The number of ether oxygens (including phenoxy) is 3. The van der Waals surface area contributed by atoms with E-state index in [9.17, 15) is 4.79 Å². The number of aromatic nitrogens is 1. The molecular formula is C21H16N2O5. The van der Waals surface area contributed by atoms with E-state index in [1.54, 1.807) is 18.3 Å². The van der Waals surface area contributed by atoms with Crippen LogP contribution in [0.1, 0.15) is 0 Å². The van der Waals surface area contributed by atoms with Crippen molar-refractivity contribution in [3.8, 4) is 17.2 Å². The highest BCUT2D eigenvalue weighted by Crippen LogP contribution is 2.35. The Morgan fingerprint density at radius 3 is 2.89 bits per heavy atom. The van der Waals surface area contributed by atoms with Crippen LogP contribution >= 0.6 is 0 Å². The molecule has 5 rings (SSSR count). The average Bonchev–Trinajstić information content (AvgIpc) is 3.19. The molecule has 1 N–H and O–H groups in total. The third kappa shape index (κ3) is 2.87. The van der Waals surface area contributed by atoms with Crippen molar-refractivity contribution in [2.24, 2.45) is 0 Å². The predicted octanol–water partition coefficient (Wildman–Crippen LogP) is 3.56. The number of hydrogen-bond donors (Lipinski definition) is 1. The van der Waals surface area contributed by atoms with Crippen LogP contribution in [0.3, 0.4) is 0 Å². The molecule has 0 bridgehead atoms. The van der Waals surface area contributed by atoms with Crippen LogP contribution in [0.25, 0.3) is 21.7 Å². The van der Waals surface area contributed by atoms with Crippen molar-refractivity contribution in [3.05, 3.63) is 65.1 Å². The van der Waals surface area contributed by atoms with Gasteiger partial charge in [0.1, 0.15) is 29.1 Å². The molecule has 0 fully saturated rings. The molecule has 0 saturated heterocycles. The van der Waals surface area contributed by atoms with E-state index in [-0.39, 0.29) is 6.79 Å². The summed E-state index contributed by atoms with van der Waals surface area (Å²) in [6.07, 6.45) is 1.68. The Kier molecular flexibility index (Phi) is 3.97. The van der Waals surface area contributed by atoms with Crippen LogP contribution in [0.5, 0.6) is 17.2 Å².